The predicted molar refractivity (Wildman–Crippen MR) is 96.3 cm³/mol. The van der Waals surface area contributed by atoms with Crippen LogP contribution in [0.4, 0.5) is 0 Å². The quantitative estimate of drug-likeness (QED) is 0.717. The fourth-order valence-corrected chi connectivity index (χ4v) is 5.70. The fourth-order valence-electron chi connectivity index (χ4n) is 3.08. The Morgan fingerprint density at radius 2 is 2.12 bits per heavy atom. The van der Waals surface area contributed by atoms with Crippen molar-refractivity contribution in [3.05, 3.63) is 54.0 Å². The number of rotatable bonds is 6. The van der Waals surface area contributed by atoms with E-state index in [4.69, 9.17) is 4.74 Å². The molecule has 1 N–H and O–H groups in total. The van der Waals surface area contributed by atoms with Crippen molar-refractivity contribution in [2.75, 3.05) is 7.11 Å². The van der Waals surface area contributed by atoms with Gasteiger partial charge in [0.05, 0.1) is 12.3 Å². The van der Waals surface area contributed by atoms with Crippen LogP contribution in [-0.4, -0.2) is 31.0 Å². The number of hydrogen-bond donors (Lipinski definition) is 1. The highest BCUT2D eigenvalue weighted by Gasteiger charge is 2.53. The summed E-state index contributed by atoms with van der Waals surface area (Å²) in [6.45, 7) is 2.50. The Morgan fingerprint density at radius 1 is 1.36 bits per heavy atom. The number of imidazole rings is 1. The van der Waals surface area contributed by atoms with Gasteiger partial charge >= 0.3 is 0 Å². The highest BCUT2D eigenvalue weighted by molar-refractivity contribution is 7.91. The lowest BCUT2D eigenvalue weighted by Crippen LogP contribution is -2.29. The number of benzene rings is 1. The summed E-state index contributed by atoms with van der Waals surface area (Å²) in [6, 6.07) is 9.94. The van der Waals surface area contributed by atoms with E-state index in [0.29, 0.717) is 11.6 Å². The third-order valence-corrected chi connectivity index (χ3v) is 7.64. The molecule has 1 aliphatic carbocycles. The molecule has 0 amide bonds. The summed E-state index contributed by atoms with van der Waals surface area (Å²) in [6.07, 6.45) is 4.20. The number of hydrogen-bond acceptors (Lipinski definition) is 5. The molecule has 0 radical (unpaired) electrons. The van der Waals surface area contributed by atoms with Crippen molar-refractivity contribution in [3.8, 4) is 0 Å². The third-order valence-electron chi connectivity index (χ3n) is 4.71. The van der Waals surface area contributed by atoms with Gasteiger partial charge in [0, 0.05) is 31.0 Å². The van der Waals surface area contributed by atoms with E-state index in [9.17, 15) is 8.42 Å². The lowest BCUT2D eigenvalue weighted by atomic mass is 9.98. The number of nitrogens with one attached hydrogen (secondary N) is 1. The van der Waals surface area contributed by atoms with E-state index < -0.39 is 10.0 Å². The predicted octanol–water partition coefficient (Wildman–Crippen LogP) is 2.55. The van der Waals surface area contributed by atoms with Crippen molar-refractivity contribution in [2.45, 2.75) is 35.6 Å². The van der Waals surface area contributed by atoms with Crippen molar-refractivity contribution in [2.24, 2.45) is 0 Å². The molecule has 1 fully saturated rings. The highest BCUT2D eigenvalue weighted by atomic mass is 32.2. The lowest BCUT2D eigenvalue weighted by molar-refractivity contribution is 0.182. The van der Waals surface area contributed by atoms with Gasteiger partial charge in [0.1, 0.15) is 0 Å². The summed E-state index contributed by atoms with van der Waals surface area (Å²) in [4.78, 5) is 5.02. The molecular formula is C17H19N3O3S2. The maximum Gasteiger partial charge on any atom is 0.251 e. The first kappa shape index (κ1) is 16.7. The molecule has 0 aliphatic heterocycles. The summed E-state index contributed by atoms with van der Waals surface area (Å²) >= 11 is 1.16. The zero-order valence-electron chi connectivity index (χ0n) is 14.0. The minimum Gasteiger partial charge on any atom is -0.378 e. The Bertz CT molecular complexity index is 979. The van der Waals surface area contributed by atoms with Gasteiger partial charge in [-0.25, -0.2) is 18.1 Å². The van der Waals surface area contributed by atoms with Crippen molar-refractivity contribution < 1.29 is 13.2 Å². The Hall–Kier alpha value is -1.74. The summed E-state index contributed by atoms with van der Waals surface area (Å²) < 4.78 is 35.3. The molecule has 0 unspecified atom stereocenters. The van der Waals surface area contributed by atoms with Crippen LogP contribution in [0.15, 0.2) is 46.9 Å². The maximum atomic E-state index is 12.7. The Morgan fingerprint density at radius 3 is 2.80 bits per heavy atom. The number of sulfonamides is 1. The smallest absolute Gasteiger partial charge is 0.251 e. The van der Waals surface area contributed by atoms with Crippen LogP contribution in [0.5, 0.6) is 0 Å². The van der Waals surface area contributed by atoms with Crippen LogP contribution in [0.3, 0.4) is 0 Å². The molecule has 4 rings (SSSR count). The van der Waals surface area contributed by atoms with Gasteiger partial charge in [-0.1, -0.05) is 48.6 Å². The molecule has 2 heterocycles. The molecule has 2 atom stereocenters. The van der Waals surface area contributed by atoms with Crippen molar-refractivity contribution in [3.63, 3.8) is 0 Å². The Labute approximate surface area is 150 Å². The van der Waals surface area contributed by atoms with Crippen LogP contribution < -0.4 is 4.72 Å². The third kappa shape index (κ3) is 2.99. The second kappa shape index (κ2) is 5.91. The standard InChI is InChI=1S/C17H19N3O3S2/c1-17(12-6-4-3-5-7-12)8-14(17)19-25(21,22)15-10-20-9-13(11-23-2)18-16(20)24-15/h3-7,9-10,14,19H,8,11H2,1-2H3/t14-,17+/m0/s1. The minimum atomic E-state index is -3.56. The highest BCUT2D eigenvalue weighted by Crippen LogP contribution is 2.48. The number of aromatic nitrogens is 2. The van der Waals surface area contributed by atoms with Gasteiger partial charge in [-0.3, -0.25) is 4.40 Å². The number of fused-ring (bicyclic) bond motifs is 1. The van der Waals surface area contributed by atoms with E-state index in [2.05, 4.69) is 16.6 Å². The zero-order chi connectivity index (χ0) is 17.7. The SMILES string of the molecule is COCc1cn2cc(S(=O)(=O)N[C@H]3C[C@]3(C)c3ccccc3)sc2n1. The van der Waals surface area contributed by atoms with E-state index in [1.165, 1.54) is 0 Å². The van der Waals surface area contributed by atoms with Gasteiger partial charge in [-0.2, -0.15) is 0 Å². The Balaban J connectivity index is 1.54. The van der Waals surface area contributed by atoms with E-state index in [0.717, 1.165) is 29.0 Å². The molecule has 8 heteroatoms. The molecule has 0 spiro atoms. The van der Waals surface area contributed by atoms with Crippen LogP contribution in [0, 0.1) is 0 Å². The van der Waals surface area contributed by atoms with E-state index >= 15 is 0 Å². The summed E-state index contributed by atoms with van der Waals surface area (Å²) in [5, 5.41) is 0. The lowest BCUT2D eigenvalue weighted by Gasteiger charge is -2.12. The van der Waals surface area contributed by atoms with Gasteiger partial charge in [0.2, 0.25) is 0 Å². The number of nitrogens with zero attached hydrogens (tertiary/aromatic N) is 2. The van der Waals surface area contributed by atoms with Crippen molar-refractivity contribution >= 4 is 26.3 Å². The molecule has 25 heavy (non-hydrogen) atoms. The zero-order valence-corrected chi connectivity index (χ0v) is 15.6. The molecule has 132 valence electrons. The van der Waals surface area contributed by atoms with E-state index in [1.54, 1.807) is 23.9 Å². The first-order chi connectivity index (χ1) is 11.9. The molecule has 1 aromatic carbocycles. The fraction of sp³-hybridized carbons (Fsp3) is 0.353. The first-order valence-corrected chi connectivity index (χ1v) is 10.3. The van der Waals surface area contributed by atoms with Crippen LogP contribution in [0.25, 0.3) is 4.96 Å². The van der Waals surface area contributed by atoms with Crippen LogP contribution in [-0.2, 0) is 26.8 Å². The number of thiazole rings is 1. The van der Waals surface area contributed by atoms with Crippen LogP contribution >= 0.6 is 11.3 Å². The second-order valence-corrected chi connectivity index (χ2v) is 9.52. The van der Waals surface area contributed by atoms with E-state index in [-0.39, 0.29) is 15.7 Å². The number of ether oxygens (including phenoxy) is 1. The molecule has 1 saturated carbocycles. The second-order valence-electron chi connectivity index (χ2n) is 6.57. The van der Waals surface area contributed by atoms with Gasteiger partial charge in [0.25, 0.3) is 10.0 Å². The molecular weight excluding hydrogens is 358 g/mol. The average molecular weight is 377 g/mol. The molecule has 1 aliphatic rings. The topological polar surface area (TPSA) is 72.7 Å². The average Bonchev–Trinajstić information content (AvgIpc) is 2.91. The summed E-state index contributed by atoms with van der Waals surface area (Å²) in [7, 11) is -1.95. The van der Waals surface area contributed by atoms with Crippen LogP contribution in [0.2, 0.25) is 0 Å². The van der Waals surface area contributed by atoms with Gasteiger partial charge in [-0.05, 0) is 12.0 Å². The normalized spacial score (nSPS) is 23.2. The van der Waals surface area contributed by atoms with Gasteiger partial charge in [-0.15, -0.1) is 0 Å². The Kier molecular flexibility index (Phi) is 3.95. The largest absolute Gasteiger partial charge is 0.378 e. The maximum absolute atomic E-state index is 12.7. The number of methoxy groups -OCH3 is 1. The summed E-state index contributed by atoms with van der Waals surface area (Å²) in [5.41, 5.74) is 1.80. The molecule has 0 bridgehead atoms. The van der Waals surface area contributed by atoms with Crippen molar-refractivity contribution in [1.29, 1.82) is 0 Å². The molecule has 2 aromatic heterocycles. The molecule has 0 saturated heterocycles. The van der Waals surface area contributed by atoms with E-state index in [1.807, 2.05) is 30.3 Å². The summed E-state index contributed by atoms with van der Waals surface area (Å²) in [5.74, 6) is 0. The molecule has 6 nitrogen and oxygen atoms in total. The minimum absolute atomic E-state index is 0.0848. The monoisotopic (exact) mass is 377 g/mol. The van der Waals surface area contributed by atoms with Crippen LogP contribution in [0.1, 0.15) is 24.6 Å². The first-order valence-electron chi connectivity index (χ1n) is 7.96. The molecule has 3 aromatic rings. The van der Waals surface area contributed by atoms with Gasteiger partial charge < -0.3 is 4.74 Å². The van der Waals surface area contributed by atoms with Crippen molar-refractivity contribution in [1.82, 2.24) is 14.1 Å². The van der Waals surface area contributed by atoms with Gasteiger partial charge in [0.15, 0.2) is 9.17 Å².